The molecule has 6 N–H and O–H groups in total. The molecular formula is C42H109O36P9. The molecule has 0 aromatic heterocycles. The van der Waals surface area contributed by atoms with E-state index in [1.54, 1.807) is 0 Å². The Morgan fingerprint density at radius 3 is 0.655 bits per heavy atom. The summed E-state index contributed by atoms with van der Waals surface area (Å²) < 4.78 is 60.3. The first-order valence-electron chi connectivity index (χ1n) is 26.4. The first kappa shape index (κ1) is 113. The van der Waals surface area contributed by atoms with Gasteiger partial charge in [0, 0.05) is 42.4 Å². The number of hydrogen-bond donors (Lipinski definition) is 6. The minimum absolute atomic E-state index is 0.0687. The third-order valence-electron chi connectivity index (χ3n) is 8.50. The normalized spacial score (nSPS) is 12.2. The maximum absolute atomic E-state index is 8.93. The summed E-state index contributed by atoms with van der Waals surface area (Å²) in [6.45, 7) is 42.7. The lowest BCUT2D eigenvalue weighted by Gasteiger charge is -2.08. The van der Waals surface area contributed by atoms with Gasteiger partial charge in [-0.3, -0.25) is 0 Å². The largest absolute Gasteiger partial charge is 0.565 e. The lowest BCUT2D eigenvalue weighted by Crippen LogP contribution is -2.04. The van der Waals surface area contributed by atoms with E-state index in [4.69, 9.17) is 59.9 Å². The van der Waals surface area contributed by atoms with E-state index in [9.17, 15) is 0 Å². The lowest BCUT2D eigenvalue weighted by atomic mass is 10.0. The van der Waals surface area contributed by atoms with Gasteiger partial charge in [0.1, 0.15) is 0 Å². The molecule has 0 aliphatic carbocycles. The minimum Gasteiger partial charge on any atom is -0.565 e. The molecule has 45 heteroatoms. The summed E-state index contributed by atoms with van der Waals surface area (Å²) >= 11 is 0. The van der Waals surface area contributed by atoms with Crippen molar-refractivity contribution < 1.29 is 177 Å². The van der Waals surface area contributed by atoms with Gasteiger partial charge in [0.2, 0.25) is 0 Å². The molecule has 0 aromatic carbocycles. The van der Waals surface area contributed by atoms with Crippen molar-refractivity contribution in [2.45, 2.75) is 183 Å². The lowest BCUT2D eigenvalue weighted by molar-refractivity contribution is -0.605. The predicted molar refractivity (Wildman–Crippen MR) is 324 cm³/mol. The van der Waals surface area contributed by atoms with E-state index in [-0.39, 0.29) is 26.4 Å². The topological polar surface area (TPSA) is 463 Å². The van der Waals surface area contributed by atoms with Gasteiger partial charge < -0.3 is 14.7 Å². The Hall–Kier alpha value is 1.56. The molecule has 0 aliphatic rings. The molecule has 36 nitrogen and oxygen atoms in total. The van der Waals surface area contributed by atoms with Gasteiger partial charge >= 0.3 is 24.8 Å². The maximum atomic E-state index is 8.93. The monoisotopic (exact) mass is 1470 g/mol. The quantitative estimate of drug-likeness (QED) is 0.0143. The second kappa shape index (κ2) is 106. The average molecular weight is 1470 g/mol. The van der Waals surface area contributed by atoms with Crippen LogP contribution in [0.3, 0.4) is 0 Å². The van der Waals surface area contributed by atoms with Crippen LogP contribution in [-0.4, -0.2) is 69.8 Å². The van der Waals surface area contributed by atoms with Crippen LogP contribution in [0.15, 0.2) is 0 Å². The fourth-order valence-electron chi connectivity index (χ4n) is 2.85. The number of hydrogen-bond acceptors (Lipinski definition) is 36. The highest BCUT2D eigenvalue weighted by Gasteiger charge is 2.06. The van der Waals surface area contributed by atoms with Crippen LogP contribution < -0.4 is 14.7 Å². The van der Waals surface area contributed by atoms with E-state index >= 15 is 0 Å². The third kappa shape index (κ3) is 187. The van der Waals surface area contributed by atoms with E-state index in [1.807, 2.05) is 49.2 Å². The van der Waals surface area contributed by atoms with Crippen LogP contribution in [0.1, 0.15) is 183 Å². The summed E-state index contributed by atoms with van der Waals surface area (Å²) in [5, 5.41) is 89.9. The molecule has 0 radical (unpaired) electrons. The summed E-state index contributed by atoms with van der Waals surface area (Å²) in [5.74, 6) is 6.30. The van der Waals surface area contributed by atoms with Crippen LogP contribution >= 0.6 is 79.6 Å². The Labute approximate surface area is 529 Å². The van der Waals surface area contributed by atoms with Crippen LogP contribution in [0.2, 0.25) is 0 Å². The fourth-order valence-corrected chi connectivity index (χ4v) is 4.85. The van der Waals surface area contributed by atoms with Crippen molar-refractivity contribution in [1.82, 2.24) is 0 Å². The summed E-state index contributed by atoms with van der Waals surface area (Å²) in [6, 6.07) is 0. The van der Waals surface area contributed by atoms with E-state index in [2.05, 4.69) is 228 Å². The Bertz CT molecular complexity index is 1060. The summed E-state index contributed by atoms with van der Waals surface area (Å²) in [4.78, 5) is 40.5. The zero-order valence-electron chi connectivity index (χ0n) is 53.6. The molecule has 0 fully saturated rings. The van der Waals surface area contributed by atoms with Gasteiger partial charge in [-0.2, -0.15) is 28.0 Å². The third-order valence-corrected chi connectivity index (χ3v) is 12.3. The van der Waals surface area contributed by atoms with Gasteiger partial charge in [0.15, 0.2) is 0 Å². The zero-order chi connectivity index (χ0) is 69.9. The first-order valence-corrected chi connectivity index (χ1v) is 34.4. The van der Waals surface area contributed by atoms with Gasteiger partial charge in [-0.1, -0.05) is 157 Å². The average Bonchev–Trinajstić information content (AvgIpc) is 3.47. The molecule has 0 amide bonds. The molecule has 87 heavy (non-hydrogen) atoms. The van der Waals surface area contributed by atoms with Crippen molar-refractivity contribution >= 4 is 79.6 Å². The smallest absolute Gasteiger partial charge is 0.521 e. The van der Waals surface area contributed by atoms with E-state index < -0.39 is 24.8 Å². The molecule has 0 aliphatic heterocycles. The van der Waals surface area contributed by atoms with Crippen LogP contribution in [0, 0.1) is 53.3 Å². The Kier molecular flexibility index (Phi) is 138. The first-order chi connectivity index (χ1) is 40.9. The van der Waals surface area contributed by atoms with Gasteiger partial charge in [0.25, 0.3) is 0 Å². The van der Waals surface area contributed by atoms with Crippen molar-refractivity contribution in [1.29, 1.82) is 0 Å². The van der Waals surface area contributed by atoms with Crippen molar-refractivity contribution in [3.8, 4) is 0 Å². The van der Waals surface area contributed by atoms with E-state index in [0.29, 0.717) is 37.6 Å². The SMILES string of the molecule is CC(C)CC(C)C.CC(CCOOOOP)CPOOOO.CC(CCOOOOP)CPOOOO.CC(CCOOOOP)CPOOOO.CCC(C)C.CCC(C)C.CCC(C)C.CCC(C)C.O=[P+]([O-])OO.O=[P+]([O-])OO.O=[P+]([O-])OO. The highest BCUT2D eigenvalue weighted by molar-refractivity contribution is 7.32. The Morgan fingerprint density at radius 1 is 0.356 bits per heavy atom. The Morgan fingerprint density at radius 2 is 0.540 bits per heavy atom. The molecular weight excluding hydrogens is 1360 g/mol. The van der Waals surface area contributed by atoms with Crippen molar-refractivity contribution in [2.24, 2.45) is 53.3 Å². The second-order valence-electron chi connectivity index (χ2n) is 18.7. The predicted octanol–water partition coefficient (Wildman–Crippen LogP) is 14.1. The summed E-state index contributed by atoms with van der Waals surface area (Å²) in [7, 11) is -3.44. The standard InChI is InChI=1S/C7H16.3C5H14O8P2.4C5H12.3HO4P/c1-6(2)5-7(3)4;3*1-5(4-15-13-10-8-6)2-3-7-9-11-12-14;7*1-4-5(2)3/h6-7H,5H2,1-4H3;3*5-6,15H,2-4,14H2,1H3;4*5H,4H2,1-3H3;3*1H. The fraction of sp³-hybridized carbons (Fsp3) is 1.00. The van der Waals surface area contributed by atoms with Gasteiger partial charge in [-0.25, -0.2) is 46.2 Å². The van der Waals surface area contributed by atoms with Crippen LogP contribution in [0.4, 0.5) is 0 Å². The van der Waals surface area contributed by atoms with Gasteiger partial charge in [0.05, 0.1) is 46.2 Å². The number of rotatable bonds is 42. The molecule has 0 saturated heterocycles. The molecule has 0 heterocycles. The van der Waals surface area contributed by atoms with E-state index in [1.165, 1.54) is 32.1 Å². The van der Waals surface area contributed by atoms with Crippen LogP contribution in [-0.2, 0) is 131 Å². The van der Waals surface area contributed by atoms with Gasteiger partial charge in [-0.15, -0.1) is 0 Å². The second-order valence-corrected chi connectivity index (χ2v) is 23.7. The molecule has 0 spiro atoms. The highest BCUT2D eigenvalue weighted by atomic mass is 31.1. The van der Waals surface area contributed by atoms with Crippen molar-refractivity contribution in [3.63, 3.8) is 0 Å². The minimum atomic E-state index is -3.04. The molecule has 0 rings (SSSR count). The molecule has 538 valence electrons. The molecule has 12 atom stereocenters. The highest BCUT2D eigenvalue weighted by Crippen LogP contribution is 2.21. The Balaban J connectivity index is -0.0000000844. The van der Waals surface area contributed by atoms with Gasteiger partial charge in [-0.05, 0) is 172 Å². The van der Waals surface area contributed by atoms with Crippen LogP contribution in [0.5, 0.6) is 0 Å². The van der Waals surface area contributed by atoms with Crippen LogP contribution in [0.25, 0.3) is 0 Å². The molecule has 12 unspecified atom stereocenters. The summed E-state index contributed by atoms with van der Waals surface area (Å²) in [6.07, 6.45) is 11.1. The van der Waals surface area contributed by atoms with Crippen molar-refractivity contribution in [3.05, 3.63) is 0 Å². The van der Waals surface area contributed by atoms with Crippen molar-refractivity contribution in [2.75, 3.05) is 38.3 Å². The summed E-state index contributed by atoms with van der Waals surface area (Å²) in [5.41, 5.74) is 0. The van der Waals surface area contributed by atoms with E-state index in [0.717, 1.165) is 73.3 Å². The molecule has 0 saturated carbocycles. The zero-order valence-corrected chi connectivity index (χ0v) is 62.7. The molecule has 0 aromatic rings. The molecule has 0 bridgehead atoms. The maximum Gasteiger partial charge on any atom is 0.521 e.